The van der Waals surface area contributed by atoms with E-state index in [1.165, 1.54) is 6.92 Å². The molecule has 0 aliphatic heterocycles. The number of aliphatic hydroxyl groups is 1. The van der Waals surface area contributed by atoms with Crippen LogP contribution in [0.25, 0.3) is 0 Å². The highest BCUT2D eigenvalue weighted by Crippen LogP contribution is 2.70. The van der Waals surface area contributed by atoms with Crippen molar-refractivity contribution in [3.63, 3.8) is 0 Å². The first-order valence-corrected chi connectivity index (χ1v) is 14.8. The van der Waals surface area contributed by atoms with Crippen molar-refractivity contribution in [3.8, 4) is 0 Å². The Bertz CT molecular complexity index is 1450. The molecular weight excluding hydrogens is 573 g/mol. The average Bonchev–Trinajstić information content (AvgIpc) is 3.23. The Morgan fingerprint density at radius 3 is 2.33 bits per heavy atom. The standard InChI is InChI=1S/C33H33ClF5NO2/c1-30-17-27(20-4-2-19(3-5-20)18-40-23-9-7-22(34)8-10-23)29-25-13-11-24(41)16-21(25)6-12-26(29)28(30)14-15-31(30,42)32(35,36)33(37,38)39/h2-5,7-10,16,26-28,40,42H,6,11-15,17-18H2,1H3/t26?,27-,28?,30?,31+/m1/s1. The summed E-state index contributed by atoms with van der Waals surface area (Å²) in [6.45, 7) is 1.97. The van der Waals surface area contributed by atoms with Crippen molar-refractivity contribution in [1.29, 1.82) is 0 Å². The van der Waals surface area contributed by atoms with Crippen LogP contribution < -0.4 is 5.32 Å². The van der Waals surface area contributed by atoms with Crippen LogP contribution in [0.5, 0.6) is 0 Å². The van der Waals surface area contributed by atoms with Crippen LogP contribution in [-0.2, 0) is 11.3 Å². The van der Waals surface area contributed by atoms with Gasteiger partial charge in [0, 0.05) is 35.0 Å². The fourth-order valence-electron chi connectivity index (χ4n) is 8.35. The molecule has 0 bridgehead atoms. The summed E-state index contributed by atoms with van der Waals surface area (Å²) >= 11 is 5.96. The molecule has 4 aliphatic carbocycles. The Morgan fingerprint density at radius 2 is 1.67 bits per heavy atom. The van der Waals surface area contributed by atoms with Gasteiger partial charge < -0.3 is 10.4 Å². The lowest BCUT2D eigenvalue weighted by Gasteiger charge is -2.56. The number of carbonyl (C=O) groups is 1. The van der Waals surface area contributed by atoms with Gasteiger partial charge in [-0.3, -0.25) is 4.79 Å². The maximum Gasteiger partial charge on any atom is 0.456 e. The Balaban J connectivity index is 1.39. The lowest BCUT2D eigenvalue weighted by atomic mass is 9.50. The SMILES string of the molecule is CC12C[C@H](c3ccc(CNc4ccc(Cl)cc4)cc3)C3=C4CCC(=O)C=C4CCC3C1CC[C@@]2(O)C(F)(F)C(F)(F)F. The molecule has 224 valence electrons. The van der Waals surface area contributed by atoms with Crippen LogP contribution in [0.2, 0.25) is 5.02 Å². The van der Waals surface area contributed by atoms with Crippen LogP contribution in [-0.4, -0.2) is 28.6 Å². The highest BCUT2D eigenvalue weighted by atomic mass is 35.5. The molecule has 3 nitrogen and oxygen atoms in total. The van der Waals surface area contributed by atoms with Gasteiger partial charge in [-0.1, -0.05) is 48.4 Å². The Morgan fingerprint density at radius 1 is 0.976 bits per heavy atom. The average molecular weight is 606 g/mol. The predicted molar refractivity (Wildman–Crippen MR) is 151 cm³/mol. The number of anilines is 1. The van der Waals surface area contributed by atoms with E-state index in [4.69, 9.17) is 11.6 Å². The Hall–Kier alpha value is -2.71. The molecule has 3 unspecified atom stereocenters. The molecule has 2 N–H and O–H groups in total. The lowest BCUT2D eigenvalue weighted by molar-refractivity contribution is -0.362. The first-order valence-electron chi connectivity index (χ1n) is 14.5. The summed E-state index contributed by atoms with van der Waals surface area (Å²) in [7, 11) is 0. The van der Waals surface area contributed by atoms with E-state index >= 15 is 8.78 Å². The predicted octanol–water partition coefficient (Wildman–Crippen LogP) is 8.78. The van der Waals surface area contributed by atoms with E-state index in [-0.39, 0.29) is 24.5 Å². The number of hydrogen-bond donors (Lipinski definition) is 2. The van der Waals surface area contributed by atoms with Gasteiger partial charge in [-0.15, -0.1) is 0 Å². The minimum absolute atomic E-state index is 0.0290. The maximum atomic E-state index is 15.2. The van der Waals surface area contributed by atoms with Gasteiger partial charge >= 0.3 is 12.1 Å². The van der Waals surface area contributed by atoms with Crippen LogP contribution in [0.15, 0.2) is 71.3 Å². The first kappa shape index (κ1) is 29.4. The third-order valence-electron chi connectivity index (χ3n) is 10.5. The number of hydrogen-bond acceptors (Lipinski definition) is 3. The zero-order valence-electron chi connectivity index (χ0n) is 23.2. The van der Waals surface area contributed by atoms with Crippen LogP contribution in [0.4, 0.5) is 27.6 Å². The van der Waals surface area contributed by atoms with Gasteiger partial charge in [0.1, 0.15) is 5.60 Å². The molecule has 6 rings (SSSR count). The van der Waals surface area contributed by atoms with Crippen molar-refractivity contribution < 1.29 is 31.9 Å². The number of rotatable bonds is 5. The van der Waals surface area contributed by atoms with Gasteiger partial charge in [0.05, 0.1) is 0 Å². The third kappa shape index (κ3) is 4.52. The highest BCUT2D eigenvalue weighted by Gasteiger charge is 2.79. The fourth-order valence-corrected chi connectivity index (χ4v) is 8.48. The molecule has 0 saturated heterocycles. The van der Waals surface area contributed by atoms with E-state index in [2.05, 4.69) is 5.32 Å². The zero-order chi connectivity index (χ0) is 30.1. The summed E-state index contributed by atoms with van der Waals surface area (Å²) in [5.74, 6) is -6.39. The monoisotopic (exact) mass is 605 g/mol. The van der Waals surface area contributed by atoms with E-state index in [0.29, 0.717) is 37.3 Å². The van der Waals surface area contributed by atoms with Gasteiger partial charge in [-0.25, -0.2) is 0 Å². The van der Waals surface area contributed by atoms with Gasteiger partial charge in [-0.05, 0) is 103 Å². The summed E-state index contributed by atoms with van der Waals surface area (Å²) in [5.41, 5.74) is 0.896. The molecule has 0 spiro atoms. The highest BCUT2D eigenvalue weighted by molar-refractivity contribution is 6.30. The summed E-state index contributed by atoms with van der Waals surface area (Å²) in [5, 5.41) is 15.4. The number of ketones is 1. The van der Waals surface area contributed by atoms with E-state index < -0.39 is 41.4 Å². The largest absolute Gasteiger partial charge is 0.456 e. The second-order valence-electron chi connectivity index (χ2n) is 12.6. The molecule has 2 aromatic carbocycles. The summed E-state index contributed by atoms with van der Waals surface area (Å²) in [6, 6.07) is 15.0. The second kappa shape index (κ2) is 10.2. The quantitative estimate of drug-likeness (QED) is 0.335. The summed E-state index contributed by atoms with van der Waals surface area (Å²) in [4.78, 5) is 12.2. The molecule has 2 saturated carbocycles. The zero-order valence-corrected chi connectivity index (χ0v) is 24.0. The molecule has 0 aromatic heterocycles. The number of alkyl halides is 5. The fraction of sp³-hybridized carbons (Fsp3) is 0.485. The number of allylic oxidation sites excluding steroid dienone is 4. The maximum absolute atomic E-state index is 15.2. The van der Waals surface area contributed by atoms with Crippen molar-refractivity contribution >= 4 is 23.1 Å². The van der Waals surface area contributed by atoms with Crippen LogP contribution in [0.1, 0.15) is 68.9 Å². The smallest absolute Gasteiger partial charge is 0.383 e. The van der Waals surface area contributed by atoms with Gasteiger partial charge in [0.15, 0.2) is 5.78 Å². The van der Waals surface area contributed by atoms with E-state index in [9.17, 15) is 23.1 Å². The molecule has 2 fully saturated rings. The second-order valence-corrected chi connectivity index (χ2v) is 13.0. The number of nitrogens with one attached hydrogen (secondary N) is 1. The molecule has 0 heterocycles. The van der Waals surface area contributed by atoms with Crippen molar-refractivity contribution in [2.75, 3.05) is 5.32 Å². The Kier molecular flexibility index (Phi) is 7.12. The van der Waals surface area contributed by atoms with E-state index in [1.807, 2.05) is 36.4 Å². The minimum atomic E-state index is -5.86. The molecule has 2 aromatic rings. The lowest BCUT2D eigenvalue weighted by Crippen LogP contribution is -2.65. The summed E-state index contributed by atoms with van der Waals surface area (Å²) in [6.07, 6.45) is -2.68. The number of carbonyl (C=O) groups excluding carboxylic acids is 1. The minimum Gasteiger partial charge on any atom is -0.383 e. The topological polar surface area (TPSA) is 49.3 Å². The van der Waals surface area contributed by atoms with Crippen molar-refractivity contribution in [2.24, 2.45) is 17.3 Å². The normalized spacial score (nSPS) is 31.3. The molecule has 0 amide bonds. The van der Waals surface area contributed by atoms with Crippen molar-refractivity contribution in [3.05, 3.63) is 87.5 Å². The summed E-state index contributed by atoms with van der Waals surface area (Å²) < 4.78 is 71.6. The van der Waals surface area contributed by atoms with Crippen LogP contribution in [0.3, 0.4) is 0 Å². The van der Waals surface area contributed by atoms with Gasteiger partial charge in [-0.2, -0.15) is 22.0 Å². The third-order valence-corrected chi connectivity index (χ3v) is 10.7. The molecule has 5 atom stereocenters. The van der Waals surface area contributed by atoms with Crippen molar-refractivity contribution in [2.45, 2.75) is 82.0 Å². The molecule has 42 heavy (non-hydrogen) atoms. The first-order chi connectivity index (χ1) is 19.7. The molecule has 4 aliphatic rings. The number of halogens is 6. The van der Waals surface area contributed by atoms with Crippen LogP contribution in [0, 0.1) is 17.3 Å². The number of fused-ring (bicyclic) bond motifs is 4. The molecular formula is C33H33ClF5NO2. The Labute approximate surface area is 246 Å². The van der Waals surface area contributed by atoms with Crippen LogP contribution >= 0.6 is 11.6 Å². The van der Waals surface area contributed by atoms with E-state index in [1.54, 1.807) is 18.2 Å². The van der Waals surface area contributed by atoms with Crippen molar-refractivity contribution in [1.82, 2.24) is 0 Å². The molecule has 9 heteroatoms. The van der Waals surface area contributed by atoms with Gasteiger partial charge in [0.25, 0.3) is 0 Å². The van der Waals surface area contributed by atoms with E-state index in [0.717, 1.165) is 33.5 Å². The molecule has 0 radical (unpaired) electrons. The van der Waals surface area contributed by atoms with Gasteiger partial charge in [0.2, 0.25) is 0 Å². The number of benzene rings is 2.